The van der Waals surface area contributed by atoms with Crippen LogP contribution in [0.1, 0.15) is 25.7 Å². The molecule has 0 aliphatic rings. The van der Waals surface area contributed by atoms with E-state index in [4.69, 9.17) is 15.3 Å². The Kier molecular flexibility index (Phi) is 7.59. The van der Waals surface area contributed by atoms with Gasteiger partial charge in [0.05, 0.1) is 0 Å². The van der Waals surface area contributed by atoms with Gasteiger partial charge in [-0.3, -0.25) is 9.59 Å². The van der Waals surface area contributed by atoms with Crippen molar-refractivity contribution in [2.75, 3.05) is 0 Å². The number of carboxylic acids is 3. The highest BCUT2D eigenvalue weighted by molar-refractivity contribution is 5.95. The van der Waals surface area contributed by atoms with Gasteiger partial charge in [0, 0.05) is 18.6 Å². The van der Waals surface area contributed by atoms with Gasteiger partial charge in [0.2, 0.25) is 5.91 Å². The van der Waals surface area contributed by atoms with Gasteiger partial charge < -0.3 is 20.6 Å². The second kappa shape index (κ2) is 8.67. The lowest BCUT2D eigenvalue weighted by Crippen LogP contribution is -2.40. The molecular weight excluding hydrogens is 258 g/mol. The molecule has 0 rings (SSSR count). The second-order valence-electron chi connectivity index (χ2n) is 3.71. The van der Waals surface area contributed by atoms with Crippen LogP contribution in [0.15, 0.2) is 12.2 Å². The Morgan fingerprint density at radius 3 is 2.11 bits per heavy atom. The lowest BCUT2D eigenvalue weighted by molar-refractivity contribution is -0.141. The zero-order valence-electron chi connectivity index (χ0n) is 10.0. The number of aliphatic carboxylic acids is 3. The van der Waals surface area contributed by atoms with Crippen LogP contribution < -0.4 is 5.32 Å². The summed E-state index contributed by atoms with van der Waals surface area (Å²) in [6.45, 7) is 0. The van der Waals surface area contributed by atoms with E-state index in [1.165, 1.54) is 0 Å². The minimum atomic E-state index is -1.32. The molecule has 0 aliphatic heterocycles. The molecule has 0 bridgehead atoms. The van der Waals surface area contributed by atoms with Gasteiger partial charge in [0.25, 0.3) is 0 Å². The number of amides is 1. The predicted octanol–water partition coefficient (Wildman–Crippen LogP) is -0.158. The van der Waals surface area contributed by atoms with Gasteiger partial charge in [-0.2, -0.15) is 0 Å². The van der Waals surface area contributed by atoms with Crippen LogP contribution in [0.4, 0.5) is 0 Å². The first kappa shape index (κ1) is 16.6. The van der Waals surface area contributed by atoms with Crippen LogP contribution in [0.5, 0.6) is 0 Å². The van der Waals surface area contributed by atoms with Crippen molar-refractivity contribution in [1.82, 2.24) is 5.32 Å². The number of unbranched alkanes of at least 4 members (excludes halogenated alkanes) is 1. The summed E-state index contributed by atoms with van der Waals surface area (Å²) in [6, 6.07) is -1.17. The highest BCUT2D eigenvalue weighted by atomic mass is 16.4. The van der Waals surface area contributed by atoms with Crippen molar-refractivity contribution in [3.8, 4) is 0 Å². The van der Waals surface area contributed by atoms with E-state index in [0.717, 1.165) is 6.08 Å². The summed E-state index contributed by atoms with van der Waals surface area (Å²) >= 11 is 0. The highest BCUT2D eigenvalue weighted by Crippen LogP contribution is 2.04. The van der Waals surface area contributed by atoms with E-state index in [9.17, 15) is 19.2 Å². The van der Waals surface area contributed by atoms with Gasteiger partial charge in [-0.25, -0.2) is 9.59 Å². The Bertz CT molecular complexity index is 389. The summed E-state index contributed by atoms with van der Waals surface area (Å²) in [6.07, 6.45) is 1.95. The van der Waals surface area contributed by atoms with Crippen molar-refractivity contribution in [3.63, 3.8) is 0 Å². The maximum absolute atomic E-state index is 11.2. The van der Waals surface area contributed by atoms with E-state index >= 15 is 0 Å². The standard InChI is InChI=1S/C11H15NO7/c13-8(5-6-10(16)17)12-7(11(18)19)3-1-2-4-9(14)15/h5-7H,1-4H2,(H,12,13)(H,14,15)(H,16,17)(H,18,19)/b6-5-. The van der Waals surface area contributed by atoms with E-state index in [2.05, 4.69) is 5.32 Å². The topological polar surface area (TPSA) is 141 Å². The van der Waals surface area contributed by atoms with Crippen LogP contribution in [0.25, 0.3) is 0 Å². The minimum Gasteiger partial charge on any atom is -0.481 e. The van der Waals surface area contributed by atoms with Crippen molar-refractivity contribution >= 4 is 23.8 Å². The van der Waals surface area contributed by atoms with Gasteiger partial charge in [-0.1, -0.05) is 6.42 Å². The third-order valence-corrected chi connectivity index (χ3v) is 2.13. The SMILES string of the molecule is O=C(O)/C=C\C(=O)NC(CCCCC(=O)O)C(=O)O. The molecule has 1 atom stereocenters. The quantitative estimate of drug-likeness (QED) is 0.338. The van der Waals surface area contributed by atoms with Crippen LogP contribution in [0.3, 0.4) is 0 Å². The number of nitrogens with one attached hydrogen (secondary N) is 1. The summed E-state index contributed by atoms with van der Waals surface area (Å²) < 4.78 is 0. The Labute approximate surface area is 108 Å². The third kappa shape index (κ3) is 9.33. The number of carbonyl (C=O) groups excluding carboxylic acids is 1. The fourth-order valence-electron chi connectivity index (χ4n) is 1.25. The fraction of sp³-hybridized carbons (Fsp3) is 0.455. The van der Waals surface area contributed by atoms with Crippen molar-refractivity contribution in [3.05, 3.63) is 12.2 Å². The molecule has 1 unspecified atom stereocenters. The van der Waals surface area contributed by atoms with Gasteiger partial charge in [0.15, 0.2) is 0 Å². The third-order valence-electron chi connectivity index (χ3n) is 2.13. The molecule has 0 saturated heterocycles. The molecule has 0 aliphatic carbocycles. The molecule has 0 aromatic carbocycles. The minimum absolute atomic E-state index is 0.0702. The molecule has 0 spiro atoms. The largest absolute Gasteiger partial charge is 0.481 e. The summed E-state index contributed by atoms with van der Waals surface area (Å²) in [5.41, 5.74) is 0. The smallest absolute Gasteiger partial charge is 0.328 e. The number of rotatable bonds is 9. The zero-order chi connectivity index (χ0) is 14.8. The van der Waals surface area contributed by atoms with Gasteiger partial charge >= 0.3 is 17.9 Å². The van der Waals surface area contributed by atoms with Crippen LogP contribution in [0, 0.1) is 0 Å². The van der Waals surface area contributed by atoms with Gasteiger partial charge in [-0.05, 0) is 12.8 Å². The van der Waals surface area contributed by atoms with Crippen molar-refractivity contribution < 1.29 is 34.5 Å². The molecule has 106 valence electrons. The summed E-state index contributed by atoms with van der Waals surface area (Å²) in [7, 11) is 0. The Morgan fingerprint density at radius 2 is 1.63 bits per heavy atom. The number of hydrogen-bond donors (Lipinski definition) is 4. The Hall–Kier alpha value is -2.38. The Balaban J connectivity index is 4.19. The van der Waals surface area contributed by atoms with E-state index in [0.29, 0.717) is 18.9 Å². The highest BCUT2D eigenvalue weighted by Gasteiger charge is 2.18. The molecular formula is C11H15NO7. The van der Waals surface area contributed by atoms with Crippen LogP contribution in [-0.4, -0.2) is 45.2 Å². The number of carboxylic acid groups (broad SMARTS) is 3. The van der Waals surface area contributed by atoms with Crippen LogP contribution in [0.2, 0.25) is 0 Å². The van der Waals surface area contributed by atoms with Crippen LogP contribution in [-0.2, 0) is 19.2 Å². The number of hydrogen-bond acceptors (Lipinski definition) is 4. The predicted molar refractivity (Wildman–Crippen MR) is 62.4 cm³/mol. The molecule has 4 N–H and O–H groups in total. The molecule has 8 nitrogen and oxygen atoms in total. The molecule has 0 radical (unpaired) electrons. The molecule has 0 aromatic rings. The number of carbonyl (C=O) groups is 4. The Morgan fingerprint density at radius 1 is 1.00 bits per heavy atom. The first-order valence-electron chi connectivity index (χ1n) is 5.49. The van der Waals surface area contributed by atoms with E-state index < -0.39 is 29.9 Å². The van der Waals surface area contributed by atoms with Gasteiger partial charge in [-0.15, -0.1) is 0 Å². The fourth-order valence-corrected chi connectivity index (χ4v) is 1.25. The van der Waals surface area contributed by atoms with E-state index in [-0.39, 0.29) is 12.8 Å². The first-order valence-corrected chi connectivity index (χ1v) is 5.49. The zero-order valence-corrected chi connectivity index (χ0v) is 10.0. The average molecular weight is 273 g/mol. The molecule has 0 aromatic heterocycles. The molecule has 0 heterocycles. The lowest BCUT2D eigenvalue weighted by Gasteiger charge is -2.12. The second-order valence-corrected chi connectivity index (χ2v) is 3.71. The normalized spacial score (nSPS) is 12.0. The maximum atomic E-state index is 11.2. The van der Waals surface area contributed by atoms with Crippen LogP contribution >= 0.6 is 0 Å². The molecule has 1 amide bonds. The van der Waals surface area contributed by atoms with Gasteiger partial charge in [0.1, 0.15) is 6.04 Å². The lowest BCUT2D eigenvalue weighted by atomic mass is 10.1. The van der Waals surface area contributed by atoms with E-state index in [1.54, 1.807) is 0 Å². The first-order chi connectivity index (χ1) is 8.82. The molecule has 8 heteroatoms. The van der Waals surface area contributed by atoms with Crippen molar-refractivity contribution in [2.45, 2.75) is 31.7 Å². The van der Waals surface area contributed by atoms with Crippen molar-refractivity contribution in [2.24, 2.45) is 0 Å². The molecule has 19 heavy (non-hydrogen) atoms. The summed E-state index contributed by atoms with van der Waals surface area (Å²) in [4.78, 5) is 42.4. The monoisotopic (exact) mass is 273 g/mol. The maximum Gasteiger partial charge on any atom is 0.328 e. The summed E-state index contributed by atoms with van der Waals surface area (Å²) in [5, 5.41) is 27.7. The average Bonchev–Trinajstić information content (AvgIpc) is 2.29. The van der Waals surface area contributed by atoms with E-state index in [1.807, 2.05) is 0 Å². The molecule has 0 fully saturated rings. The van der Waals surface area contributed by atoms with Crippen molar-refractivity contribution in [1.29, 1.82) is 0 Å². The molecule has 0 saturated carbocycles. The summed E-state index contributed by atoms with van der Waals surface area (Å²) in [5.74, 6) is -4.37.